The molecule has 10 heteroatoms. The minimum Gasteiger partial charge on any atom is -0.374 e. The number of nitrogens with zero attached hydrogens (tertiary/aromatic N) is 5. The van der Waals surface area contributed by atoms with Gasteiger partial charge in [-0.05, 0) is 31.4 Å². The number of nitrogens with two attached hydrogens (primary N) is 1. The van der Waals surface area contributed by atoms with E-state index >= 15 is 0 Å². The Bertz CT molecular complexity index is 911. The van der Waals surface area contributed by atoms with Gasteiger partial charge in [-0.2, -0.15) is 0 Å². The van der Waals surface area contributed by atoms with Crippen LogP contribution in [0.3, 0.4) is 0 Å². The van der Waals surface area contributed by atoms with Gasteiger partial charge in [-0.25, -0.2) is 0 Å². The van der Waals surface area contributed by atoms with Crippen LogP contribution in [0, 0.1) is 0 Å². The van der Waals surface area contributed by atoms with Gasteiger partial charge in [0.05, 0.1) is 6.42 Å². The van der Waals surface area contributed by atoms with Crippen LogP contribution in [0.25, 0.3) is 0 Å². The zero-order valence-electron chi connectivity index (χ0n) is 14.5. The number of hydrogen-bond donors (Lipinski definition) is 2. The number of aromatic nitrogens is 5. The molecule has 0 aromatic carbocycles. The van der Waals surface area contributed by atoms with Crippen molar-refractivity contribution in [2.75, 3.05) is 11.1 Å². The summed E-state index contributed by atoms with van der Waals surface area (Å²) in [5.74, 6) is 0.555. The molecule has 2 atom stereocenters. The number of hydrogen-bond acceptors (Lipinski definition) is 9. The van der Waals surface area contributed by atoms with Gasteiger partial charge in [-0.3, -0.25) is 9.78 Å². The van der Waals surface area contributed by atoms with E-state index in [1.54, 1.807) is 6.20 Å². The molecule has 4 rings (SSSR count). The average molecular weight is 402 g/mol. The standard InChI is InChI=1S/C17H19N7OS2/c18-16-23-21-14(26-16)10-4-3-5-11(8-10)15-22-24-17(27-15)20-13(25)9-12-6-1-2-7-19-12/h1-2,6-7,10-11H,3-5,8-9H2,(H2,18,23)(H,20,24,25)/t10?,11-/m0/s1. The van der Waals surface area contributed by atoms with E-state index in [-0.39, 0.29) is 12.3 Å². The molecule has 3 aromatic rings. The third kappa shape index (κ3) is 4.45. The summed E-state index contributed by atoms with van der Waals surface area (Å²) >= 11 is 2.91. The predicted octanol–water partition coefficient (Wildman–Crippen LogP) is 2.99. The van der Waals surface area contributed by atoms with E-state index in [0.29, 0.717) is 22.1 Å². The van der Waals surface area contributed by atoms with Crippen LogP contribution in [0.5, 0.6) is 0 Å². The van der Waals surface area contributed by atoms with Gasteiger partial charge in [0, 0.05) is 23.7 Å². The fourth-order valence-corrected chi connectivity index (χ4v) is 5.00. The molecule has 3 aromatic heterocycles. The van der Waals surface area contributed by atoms with E-state index in [9.17, 15) is 4.79 Å². The number of carbonyl (C=O) groups excluding carboxylic acids is 1. The third-order valence-electron chi connectivity index (χ3n) is 4.58. The lowest BCUT2D eigenvalue weighted by atomic mass is 9.82. The van der Waals surface area contributed by atoms with Crippen molar-refractivity contribution in [1.82, 2.24) is 25.4 Å². The smallest absolute Gasteiger partial charge is 0.232 e. The van der Waals surface area contributed by atoms with Crippen LogP contribution in [0.2, 0.25) is 0 Å². The summed E-state index contributed by atoms with van der Waals surface area (Å²) < 4.78 is 0. The topological polar surface area (TPSA) is 120 Å². The first-order valence-electron chi connectivity index (χ1n) is 8.79. The number of anilines is 2. The molecule has 140 valence electrons. The molecule has 1 amide bonds. The summed E-state index contributed by atoms with van der Waals surface area (Å²) in [5.41, 5.74) is 6.44. The molecule has 1 fully saturated rings. The maximum absolute atomic E-state index is 12.2. The Morgan fingerprint density at radius 2 is 1.89 bits per heavy atom. The van der Waals surface area contributed by atoms with Gasteiger partial charge >= 0.3 is 0 Å². The first kappa shape index (κ1) is 17.9. The van der Waals surface area contributed by atoms with Gasteiger partial charge in [0.1, 0.15) is 10.0 Å². The molecule has 1 aliphatic carbocycles. The van der Waals surface area contributed by atoms with Gasteiger partial charge in [0.15, 0.2) is 0 Å². The lowest BCUT2D eigenvalue weighted by Gasteiger charge is -2.25. The van der Waals surface area contributed by atoms with Gasteiger partial charge in [-0.1, -0.05) is 35.2 Å². The molecular formula is C17H19N7OS2. The maximum Gasteiger partial charge on any atom is 0.232 e. The fraction of sp³-hybridized carbons (Fsp3) is 0.412. The Hall–Kier alpha value is -2.46. The largest absolute Gasteiger partial charge is 0.374 e. The van der Waals surface area contributed by atoms with Gasteiger partial charge in [0.2, 0.25) is 16.2 Å². The van der Waals surface area contributed by atoms with Crippen LogP contribution < -0.4 is 11.1 Å². The number of rotatable bonds is 5. The quantitative estimate of drug-likeness (QED) is 0.674. The fourth-order valence-electron chi connectivity index (χ4n) is 3.33. The van der Waals surface area contributed by atoms with Crippen molar-refractivity contribution < 1.29 is 4.79 Å². The molecule has 0 aliphatic heterocycles. The number of nitrogen functional groups attached to an aromatic ring is 1. The van der Waals surface area contributed by atoms with E-state index in [4.69, 9.17) is 5.73 Å². The molecule has 27 heavy (non-hydrogen) atoms. The third-order valence-corrected chi connectivity index (χ3v) is 6.50. The van der Waals surface area contributed by atoms with Crippen LogP contribution in [0.1, 0.15) is 53.2 Å². The van der Waals surface area contributed by atoms with Crippen LogP contribution >= 0.6 is 22.7 Å². The maximum atomic E-state index is 12.2. The highest BCUT2D eigenvalue weighted by Crippen LogP contribution is 2.43. The summed E-state index contributed by atoms with van der Waals surface area (Å²) in [6, 6.07) is 5.52. The molecule has 3 heterocycles. The van der Waals surface area contributed by atoms with Gasteiger partial charge in [0.25, 0.3) is 0 Å². The summed E-state index contributed by atoms with van der Waals surface area (Å²) in [6.45, 7) is 0. The molecule has 0 radical (unpaired) electrons. The second kappa shape index (κ2) is 8.05. The first-order chi connectivity index (χ1) is 13.2. The van der Waals surface area contributed by atoms with E-state index in [2.05, 4.69) is 30.7 Å². The van der Waals surface area contributed by atoms with Crippen molar-refractivity contribution >= 4 is 38.8 Å². The van der Waals surface area contributed by atoms with E-state index in [0.717, 1.165) is 41.4 Å². The van der Waals surface area contributed by atoms with Crippen molar-refractivity contribution in [3.63, 3.8) is 0 Å². The Kier molecular flexibility index (Phi) is 5.35. The van der Waals surface area contributed by atoms with Crippen molar-refractivity contribution in [1.29, 1.82) is 0 Å². The summed E-state index contributed by atoms with van der Waals surface area (Å²) in [7, 11) is 0. The number of nitrogens with one attached hydrogen (secondary N) is 1. The second-order valence-electron chi connectivity index (χ2n) is 6.53. The van der Waals surface area contributed by atoms with Crippen LogP contribution in [-0.2, 0) is 11.2 Å². The average Bonchev–Trinajstić information content (AvgIpc) is 3.32. The Morgan fingerprint density at radius 1 is 1.11 bits per heavy atom. The lowest BCUT2D eigenvalue weighted by Crippen LogP contribution is -2.14. The van der Waals surface area contributed by atoms with Crippen molar-refractivity contribution in [3.8, 4) is 0 Å². The van der Waals surface area contributed by atoms with Crippen molar-refractivity contribution in [3.05, 3.63) is 40.1 Å². The molecule has 8 nitrogen and oxygen atoms in total. The molecule has 3 N–H and O–H groups in total. The Balaban J connectivity index is 1.37. The van der Waals surface area contributed by atoms with E-state index in [1.807, 2.05) is 18.2 Å². The second-order valence-corrected chi connectivity index (χ2v) is 8.58. The van der Waals surface area contributed by atoms with Crippen molar-refractivity contribution in [2.45, 2.75) is 43.9 Å². The zero-order valence-corrected chi connectivity index (χ0v) is 16.2. The minimum absolute atomic E-state index is 0.137. The highest BCUT2D eigenvalue weighted by molar-refractivity contribution is 7.15. The lowest BCUT2D eigenvalue weighted by molar-refractivity contribution is -0.115. The highest BCUT2D eigenvalue weighted by Gasteiger charge is 2.29. The van der Waals surface area contributed by atoms with E-state index in [1.165, 1.54) is 22.7 Å². The number of pyridine rings is 1. The molecule has 1 unspecified atom stereocenters. The van der Waals surface area contributed by atoms with Gasteiger partial charge in [-0.15, -0.1) is 20.4 Å². The Morgan fingerprint density at radius 3 is 2.59 bits per heavy atom. The molecule has 1 saturated carbocycles. The normalized spacial score (nSPS) is 19.7. The SMILES string of the molecule is Nc1nnc(C2CCC[C@H](c3nnc(NC(=O)Cc4ccccn4)s3)C2)s1. The highest BCUT2D eigenvalue weighted by atomic mass is 32.1. The molecule has 0 bridgehead atoms. The minimum atomic E-state index is -0.137. The molecule has 0 spiro atoms. The number of amides is 1. The molecule has 0 saturated heterocycles. The molecular weight excluding hydrogens is 382 g/mol. The predicted molar refractivity (Wildman–Crippen MR) is 105 cm³/mol. The van der Waals surface area contributed by atoms with Crippen molar-refractivity contribution in [2.24, 2.45) is 0 Å². The Labute approximate surface area is 164 Å². The van der Waals surface area contributed by atoms with Gasteiger partial charge < -0.3 is 11.1 Å². The van der Waals surface area contributed by atoms with E-state index < -0.39 is 0 Å². The summed E-state index contributed by atoms with van der Waals surface area (Å²) in [5, 5.41) is 22.4. The van der Waals surface area contributed by atoms with Crippen LogP contribution in [0.4, 0.5) is 10.3 Å². The summed E-state index contributed by atoms with van der Waals surface area (Å²) in [6.07, 6.45) is 6.14. The van der Waals surface area contributed by atoms with Crippen LogP contribution in [0.15, 0.2) is 24.4 Å². The monoisotopic (exact) mass is 401 g/mol. The molecule has 1 aliphatic rings. The first-order valence-corrected chi connectivity index (χ1v) is 10.4. The number of carbonyl (C=O) groups is 1. The van der Waals surface area contributed by atoms with Crippen LogP contribution in [-0.4, -0.2) is 31.3 Å². The summed E-state index contributed by atoms with van der Waals surface area (Å²) in [4.78, 5) is 16.3. The zero-order chi connectivity index (χ0) is 18.6.